The zero-order valence-corrected chi connectivity index (χ0v) is 15.7. The molecule has 0 radical (unpaired) electrons. The highest BCUT2D eigenvalue weighted by atomic mass is 16.1. The standard InChI is InChI=1S/C22H21N5O/c1-15-12-21(16-6-7-16)27(25-15)18-10-8-17(9-11-18)24-22(28)13-26-14-23-19-4-2-3-5-20(19)26/h2-5,8-12,14,16H,6-7,13H2,1H3,(H,24,28). The second-order valence-corrected chi connectivity index (χ2v) is 7.35. The number of fused-ring (bicyclic) bond motifs is 1. The van der Waals surface area contributed by atoms with Crippen molar-refractivity contribution < 1.29 is 4.79 Å². The Hall–Kier alpha value is -3.41. The Labute approximate surface area is 162 Å². The summed E-state index contributed by atoms with van der Waals surface area (Å²) in [6, 6.07) is 17.8. The summed E-state index contributed by atoms with van der Waals surface area (Å²) in [7, 11) is 0. The van der Waals surface area contributed by atoms with Crippen LogP contribution in [0.2, 0.25) is 0 Å². The van der Waals surface area contributed by atoms with Crippen LogP contribution in [0.5, 0.6) is 0 Å². The number of nitrogens with one attached hydrogen (secondary N) is 1. The van der Waals surface area contributed by atoms with Crippen molar-refractivity contribution in [3.8, 4) is 5.69 Å². The molecule has 28 heavy (non-hydrogen) atoms. The first-order valence-corrected chi connectivity index (χ1v) is 9.54. The average Bonchev–Trinajstić information content (AvgIpc) is 3.36. The summed E-state index contributed by atoms with van der Waals surface area (Å²) in [6.07, 6.45) is 4.18. The van der Waals surface area contributed by atoms with Gasteiger partial charge >= 0.3 is 0 Å². The minimum atomic E-state index is -0.0792. The number of aryl methyl sites for hydroxylation is 1. The van der Waals surface area contributed by atoms with Crippen LogP contribution in [0.15, 0.2) is 60.9 Å². The van der Waals surface area contributed by atoms with Crippen LogP contribution in [0, 0.1) is 6.92 Å². The van der Waals surface area contributed by atoms with Crippen LogP contribution in [-0.2, 0) is 11.3 Å². The van der Waals surface area contributed by atoms with Crippen LogP contribution >= 0.6 is 0 Å². The quantitative estimate of drug-likeness (QED) is 0.576. The molecule has 2 aromatic carbocycles. The van der Waals surface area contributed by atoms with Crippen molar-refractivity contribution in [1.29, 1.82) is 0 Å². The molecule has 2 heterocycles. The molecule has 0 spiro atoms. The highest BCUT2D eigenvalue weighted by molar-refractivity contribution is 5.91. The van der Waals surface area contributed by atoms with Crippen LogP contribution in [0.4, 0.5) is 5.69 Å². The topological polar surface area (TPSA) is 64.7 Å². The molecule has 1 amide bonds. The molecule has 0 atom stereocenters. The lowest BCUT2D eigenvalue weighted by Crippen LogP contribution is -2.18. The number of nitrogens with zero attached hydrogens (tertiary/aromatic N) is 4. The van der Waals surface area contributed by atoms with Crippen LogP contribution in [0.25, 0.3) is 16.7 Å². The Morgan fingerprint density at radius 2 is 1.93 bits per heavy atom. The van der Waals surface area contributed by atoms with Crippen molar-refractivity contribution in [2.75, 3.05) is 5.32 Å². The summed E-state index contributed by atoms with van der Waals surface area (Å²) in [4.78, 5) is 16.8. The van der Waals surface area contributed by atoms with E-state index in [4.69, 9.17) is 0 Å². The molecule has 1 fully saturated rings. The van der Waals surface area contributed by atoms with Crippen LogP contribution in [0.3, 0.4) is 0 Å². The number of imidazole rings is 1. The largest absolute Gasteiger partial charge is 0.325 e. The number of para-hydroxylation sites is 2. The first-order valence-electron chi connectivity index (χ1n) is 9.54. The van der Waals surface area contributed by atoms with Crippen molar-refractivity contribution in [2.24, 2.45) is 0 Å². The molecule has 5 rings (SSSR count). The van der Waals surface area contributed by atoms with E-state index in [2.05, 4.69) is 21.5 Å². The fourth-order valence-corrected chi connectivity index (χ4v) is 3.57. The second kappa shape index (κ2) is 6.64. The number of rotatable bonds is 5. The normalized spacial score (nSPS) is 13.8. The summed E-state index contributed by atoms with van der Waals surface area (Å²) in [5.74, 6) is 0.551. The van der Waals surface area contributed by atoms with E-state index in [1.807, 2.05) is 64.7 Å². The first kappa shape index (κ1) is 16.7. The Morgan fingerprint density at radius 3 is 2.71 bits per heavy atom. The number of carbonyl (C=O) groups is 1. The molecule has 2 aromatic heterocycles. The van der Waals surface area contributed by atoms with Gasteiger partial charge in [0.1, 0.15) is 6.54 Å². The van der Waals surface area contributed by atoms with Gasteiger partial charge in [0.05, 0.1) is 28.7 Å². The maximum absolute atomic E-state index is 12.5. The maximum Gasteiger partial charge on any atom is 0.244 e. The maximum atomic E-state index is 12.5. The monoisotopic (exact) mass is 371 g/mol. The van der Waals surface area contributed by atoms with Crippen LogP contribution in [0.1, 0.15) is 30.1 Å². The van der Waals surface area contributed by atoms with Crippen LogP contribution < -0.4 is 5.32 Å². The molecule has 140 valence electrons. The fourth-order valence-electron chi connectivity index (χ4n) is 3.57. The Bertz CT molecular complexity index is 1150. The van der Waals surface area contributed by atoms with Gasteiger partial charge in [-0.25, -0.2) is 9.67 Å². The molecule has 0 saturated heterocycles. The number of hydrogen-bond donors (Lipinski definition) is 1. The zero-order chi connectivity index (χ0) is 19.1. The van der Waals surface area contributed by atoms with Crippen LogP contribution in [-0.4, -0.2) is 25.2 Å². The van der Waals surface area contributed by atoms with Crippen molar-refractivity contribution in [2.45, 2.75) is 32.2 Å². The van der Waals surface area contributed by atoms with Gasteiger partial charge in [0.2, 0.25) is 5.91 Å². The lowest BCUT2D eigenvalue weighted by molar-refractivity contribution is -0.116. The highest BCUT2D eigenvalue weighted by Gasteiger charge is 2.28. The van der Waals surface area contributed by atoms with E-state index < -0.39 is 0 Å². The predicted octanol–water partition coefficient (Wildman–Crippen LogP) is 4.05. The SMILES string of the molecule is Cc1cc(C2CC2)n(-c2ccc(NC(=O)Cn3cnc4ccccc43)cc2)n1. The van der Waals surface area contributed by atoms with Crippen molar-refractivity contribution in [3.05, 3.63) is 72.3 Å². The number of anilines is 1. The molecule has 1 aliphatic rings. The zero-order valence-electron chi connectivity index (χ0n) is 15.7. The van der Waals surface area contributed by atoms with E-state index in [1.165, 1.54) is 18.5 Å². The van der Waals surface area contributed by atoms with Gasteiger partial charge in [0.15, 0.2) is 0 Å². The summed E-state index contributed by atoms with van der Waals surface area (Å²) in [5.41, 5.74) is 5.95. The van der Waals surface area contributed by atoms with Gasteiger partial charge in [-0.05, 0) is 62.2 Å². The van der Waals surface area contributed by atoms with Gasteiger partial charge in [-0.15, -0.1) is 0 Å². The third-order valence-corrected chi connectivity index (χ3v) is 5.09. The number of hydrogen-bond acceptors (Lipinski definition) is 3. The predicted molar refractivity (Wildman–Crippen MR) is 109 cm³/mol. The van der Waals surface area contributed by atoms with Gasteiger partial charge in [-0.2, -0.15) is 5.10 Å². The third-order valence-electron chi connectivity index (χ3n) is 5.09. The van der Waals surface area contributed by atoms with E-state index in [0.717, 1.165) is 28.1 Å². The molecule has 0 unspecified atom stereocenters. The first-order chi connectivity index (χ1) is 13.7. The number of carbonyl (C=O) groups excluding carboxylic acids is 1. The summed E-state index contributed by atoms with van der Waals surface area (Å²) < 4.78 is 3.88. The van der Waals surface area contributed by atoms with Crippen molar-refractivity contribution in [1.82, 2.24) is 19.3 Å². The Morgan fingerprint density at radius 1 is 1.14 bits per heavy atom. The fraction of sp³-hybridized carbons (Fsp3) is 0.227. The molecule has 4 aromatic rings. The molecular weight excluding hydrogens is 350 g/mol. The Balaban J connectivity index is 1.30. The Kier molecular flexibility index (Phi) is 3.97. The van der Waals surface area contributed by atoms with E-state index in [0.29, 0.717) is 5.92 Å². The summed E-state index contributed by atoms with van der Waals surface area (Å²) in [6.45, 7) is 2.25. The number of aromatic nitrogens is 4. The van der Waals surface area contributed by atoms with Gasteiger partial charge in [-0.3, -0.25) is 4.79 Å². The van der Waals surface area contributed by atoms with Gasteiger partial charge < -0.3 is 9.88 Å². The van der Waals surface area contributed by atoms with Crippen molar-refractivity contribution in [3.63, 3.8) is 0 Å². The molecule has 0 aliphatic heterocycles. The molecule has 1 aliphatic carbocycles. The number of amides is 1. The molecule has 6 heteroatoms. The van der Waals surface area contributed by atoms with Gasteiger partial charge in [0, 0.05) is 17.3 Å². The molecule has 1 saturated carbocycles. The highest BCUT2D eigenvalue weighted by Crippen LogP contribution is 2.41. The molecular formula is C22H21N5O. The van der Waals surface area contributed by atoms with Crippen molar-refractivity contribution >= 4 is 22.6 Å². The minimum Gasteiger partial charge on any atom is -0.325 e. The lowest BCUT2D eigenvalue weighted by Gasteiger charge is -2.10. The van der Waals surface area contributed by atoms with Gasteiger partial charge in [-0.1, -0.05) is 12.1 Å². The van der Waals surface area contributed by atoms with E-state index in [-0.39, 0.29) is 12.5 Å². The molecule has 6 nitrogen and oxygen atoms in total. The second-order valence-electron chi connectivity index (χ2n) is 7.35. The summed E-state index contributed by atoms with van der Waals surface area (Å²) in [5, 5.41) is 7.59. The van der Waals surface area contributed by atoms with E-state index >= 15 is 0 Å². The minimum absolute atomic E-state index is 0.0792. The summed E-state index contributed by atoms with van der Waals surface area (Å²) >= 11 is 0. The number of benzene rings is 2. The van der Waals surface area contributed by atoms with Gasteiger partial charge in [0.25, 0.3) is 0 Å². The van der Waals surface area contributed by atoms with E-state index in [9.17, 15) is 4.79 Å². The molecule has 1 N–H and O–H groups in total. The molecule has 0 bridgehead atoms. The van der Waals surface area contributed by atoms with E-state index in [1.54, 1.807) is 6.33 Å². The lowest BCUT2D eigenvalue weighted by atomic mass is 10.2. The average molecular weight is 371 g/mol. The third kappa shape index (κ3) is 3.17. The smallest absolute Gasteiger partial charge is 0.244 e.